The van der Waals surface area contributed by atoms with Crippen LogP contribution in [0.3, 0.4) is 0 Å². The Kier molecular flexibility index (Phi) is 11.7. The molecule has 2 aliphatic rings. The predicted molar refractivity (Wildman–Crippen MR) is 126 cm³/mol. The maximum Gasteiger partial charge on any atom is 0.490 e. The lowest BCUT2D eigenvalue weighted by molar-refractivity contribution is -0.193. The van der Waals surface area contributed by atoms with Gasteiger partial charge >= 0.3 is 24.3 Å². The van der Waals surface area contributed by atoms with Gasteiger partial charge in [0, 0.05) is 44.6 Å². The molecule has 1 atom stereocenters. The summed E-state index contributed by atoms with van der Waals surface area (Å²) in [6, 6.07) is 12.3. The highest BCUT2D eigenvalue weighted by molar-refractivity contribution is 5.73. The van der Waals surface area contributed by atoms with Crippen LogP contribution in [0.25, 0.3) is 0 Å². The lowest BCUT2D eigenvalue weighted by Crippen LogP contribution is -2.64. The Morgan fingerprint density at radius 1 is 0.975 bits per heavy atom. The molecule has 2 fully saturated rings. The highest BCUT2D eigenvalue weighted by atomic mass is 19.4. The predicted octanol–water partition coefficient (Wildman–Crippen LogP) is 4.16. The lowest BCUT2D eigenvalue weighted by atomic mass is 9.81. The van der Waals surface area contributed by atoms with Gasteiger partial charge in [-0.2, -0.15) is 26.3 Å². The first-order valence-corrected chi connectivity index (χ1v) is 11.7. The molecule has 2 N–H and O–H groups in total. The minimum Gasteiger partial charge on any atom is -0.497 e. The van der Waals surface area contributed by atoms with Crippen molar-refractivity contribution in [2.45, 2.75) is 37.5 Å². The minimum atomic E-state index is -5.08. The van der Waals surface area contributed by atoms with Crippen molar-refractivity contribution in [3.05, 3.63) is 59.9 Å². The summed E-state index contributed by atoms with van der Waals surface area (Å²) >= 11 is 0. The third-order valence-corrected chi connectivity index (χ3v) is 5.97. The summed E-state index contributed by atoms with van der Waals surface area (Å²) in [5.74, 6) is -4.13. The number of ether oxygens (including phenoxy) is 3. The van der Waals surface area contributed by atoms with E-state index in [1.54, 1.807) is 7.11 Å². The fourth-order valence-corrected chi connectivity index (χ4v) is 3.98. The van der Waals surface area contributed by atoms with Crippen molar-refractivity contribution in [2.24, 2.45) is 5.92 Å². The van der Waals surface area contributed by atoms with E-state index in [2.05, 4.69) is 22.0 Å². The van der Waals surface area contributed by atoms with Crippen molar-refractivity contribution < 1.29 is 60.4 Å². The number of benzene rings is 1. The van der Waals surface area contributed by atoms with Crippen molar-refractivity contribution in [3.8, 4) is 5.75 Å². The molecule has 1 aromatic heterocycles. The highest BCUT2D eigenvalue weighted by Crippen LogP contribution is 2.40. The van der Waals surface area contributed by atoms with Gasteiger partial charge in [-0.25, -0.2) is 9.59 Å². The number of halogens is 6. The first-order valence-electron chi connectivity index (χ1n) is 11.7. The Morgan fingerprint density at radius 2 is 1.50 bits per heavy atom. The summed E-state index contributed by atoms with van der Waals surface area (Å²) in [6.07, 6.45) is -5.46. The van der Waals surface area contributed by atoms with Crippen LogP contribution in [0.4, 0.5) is 26.3 Å². The first-order chi connectivity index (χ1) is 18.7. The number of alkyl halides is 6. The lowest BCUT2D eigenvalue weighted by Gasteiger charge is -2.50. The zero-order valence-corrected chi connectivity index (χ0v) is 21.2. The van der Waals surface area contributed by atoms with Gasteiger partial charge in [0.25, 0.3) is 0 Å². The maximum absolute atomic E-state index is 10.6. The van der Waals surface area contributed by atoms with Gasteiger partial charge in [-0.05, 0) is 41.8 Å². The van der Waals surface area contributed by atoms with Crippen molar-refractivity contribution in [2.75, 3.05) is 33.4 Å². The molecule has 40 heavy (non-hydrogen) atoms. The number of carboxylic acid groups (broad SMARTS) is 2. The first kappa shape index (κ1) is 32.8. The van der Waals surface area contributed by atoms with Crippen LogP contribution >= 0.6 is 0 Å². The second-order valence-electron chi connectivity index (χ2n) is 8.87. The Balaban J connectivity index is 0.000000333. The molecule has 0 amide bonds. The molecule has 2 saturated heterocycles. The summed E-state index contributed by atoms with van der Waals surface area (Å²) in [5.41, 5.74) is 2.47. The van der Waals surface area contributed by atoms with E-state index in [4.69, 9.17) is 34.0 Å². The number of aromatic nitrogens is 1. The Hall–Kier alpha value is -3.43. The van der Waals surface area contributed by atoms with Gasteiger partial charge in [0.05, 0.1) is 25.9 Å². The molecule has 0 bridgehead atoms. The Morgan fingerprint density at radius 3 is 1.98 bits per heavy atom. The number of methoxy groups -OCH3 is 1. The number of likely N-dealkylation sites (tertiary alicyclic amines) is 1. The van der Waals surface area contributed by atoms with Crippen LogP contribution in [-0.4, -0.2) is 83.4 Å². The molecule has 2 aliphatic heterocycles. The smallest absolute Gasteiger partial charge is 0.490 e. The summed E-state index contributed by atoms with van der Waals surface area (Å²) in [7, 11) is 1.70. The second kappa shape index (κ2) is 14.3. The number of aliphatic carboxylic acids is 2. The van der Waals surface area contributed by atoms with E-state index in [9.17, 15) is 26.3 Å². The van der Waals surface area contributed by atoms with Crippen LogP contribution in [0.1, 0.15) is 17.5 Å². The second-order valence-corrected chi connectivity index (χ2v) is 8.87. The fraction of sp³-hybridized carbons (Fsp3) is 0.480. The van der Waals surface area contributed by atoms with Crippen LogP contribution in [-0.2, 0) is 32.2 Å². The van der Waals surface area contributed by atoms with Crippen LogP contribution < -0.4 is 4.74 Å². The topological polar surface area (TPSA) is 118 Å². The largest absolute Gasteiger partial charge is 0.497 e. The zero-order chi connectivity index (χ0) is 30.0. The average molecular weight is 582 g/mol. The number of hydrogen-bond donors (Lipinski definition) is 2. The standard InChI is InChI=1S/C21H26N2O3.2C2HF3O2/c1-24-20-4-2-17(3-5-20)12-23-15-21(16-23)19(8-11-26-21)14-25-13-18-6-9-22-10-7-18;2*3-2(4,5)1(6)7/h2-7,9-10,19H,8,11-16H2,1H3;2*(H,6,7). The Labute approximate surface area is 225 Å². The van der Waals surface area contributed by atoms with Crippen molar-refractivity contribution in [1.29, 1.82) is 0 Å². The van der Waals surface area contributed by atoms with E-state index < -0.39 is 24.3 Å². The summed E-state index contributed by atoms with van der Waals surface area (Å²) in [4.78, 5) is 24.3. The van der Waals surface area contributed by atoms with Crippen LogP contribution in [0.2, 0.25) is 0 Å². The van der Waals surface area contributed by atoms with Crippen LogP contribution in [0.5, 0.6) is 5.75 Å². The molecule has 222 valence electrons. The molecule has 3 heterocycles. The molecule has 0 radical (unpaired) electrons. The average Bonchev–Trinajstić information content (AvgIpc) is 3.28. The molecular weight excluding hydrogens is 554 g/mol. The SMILES string of the molecule is COc1ccc(CN2CC3(C2)OCCC3COCc2ccncc2)cc1.O=C(O)C(F)(F)F.O=C(O)C(F)(F)F. The van der Waals surface area contributed by atoms with Crippen LogP contribution in [0.15, 0.2) is 48.8 Å². The van der Waals surface area contributed by atoms with E-state index in [0.717, 1.165) is 45.0 Å². The van der Waals surface area contributed by atoms with Gasteiger partial charge in [-0.3, -0.25) is 9.88 Å². The molecule has 0 saturated carbocycles. The number of pyridine rings is 1. The maximum atomic E-state index is 10.6. The van der Waals surface area contributed by atoms with Gasteiger partial charge in [0.1, 0.15) is 5.75 Å². The third-order valence-electron chi connectivity index (χ3n) is 5.97. The number of hydrogen-bond acceptors (Lipinski definition) is 7. The summed E-state index contributed by atoms with van der Waals surface area (Å²) in [6.45, 7) is 5.19. The molecule has 1 spiro atoms. The molecule has 15 heteroatoms. The van der Waals surface area contributed by atoms with E-state index in [1.165, 1.54) is 11.1 Å². The highest BCUT2D eigenvalue weighted by Gasteiger charge is 2.52. The number of rotatable bonds is 7. The van der Waals surface area contributed by atoms with Crippen molar-refractivity contribution >= 4 is 11.9 Å². The van der Waals surface area contributed by atoms with Gasteiger partial charge in [0.15, 0.2) is 0 Å². The van der Waals surface area contributed by atoms with Gasteiger partial charge in [0.2, 0.25) is 0 Å². The number of nitrogens with zero attached hydrogens (tertiary/aromatic N) is 2. The third kappa shape index (κ3) is 10.3. The summed E-state index contributed by atoms with van der Waals surface area (Å²) < 4.78 is 80.8. The fourth-order valence-electron chi connectivity index (χ4n) is 3.98. The van der Waals surface area contributed by atoms with Crippen LogP contribution in [0, 0.1) is 5.92 Å². The molecule has 0 aliphatic carbocycles. The van der Waals surface area contributed by atoms with Crippen molar-refractivity contribution in [3.63, 3.8) is 0 Å². The Bertz CT molecular complexity index is 1050. The summed E-state index contributed by atoms with van der Waals surface area (Å²) in [5, 5.41) is 14.2. The quantitative estimate of drug-likeness (QED) is 0.464. The van der Waals surface area contributed by atoms with Gasteiger partial charge < -0.3 is 24.4 Å². The van der Waals surface area contributed by atoms with Gasteiger partial charge in [-0.1, -0.05) is 12.1 Å². The van der Waals surface area contributed by atoms with E-state index in [-0.39, 0.29) is 5.60 Å². The minimum absolute atomic E-state index is 0.00921. The van der Waals surface area contributed by atoms with E-state index >= 15 is 0 Å². The monoisotopic (exact) mass is 582 g/mol. The van der Waals surface area contributed by atoms with Crippen molar-refractivity contribution in [1.82, 2.24) is 9.88 Å². The molecule has 1 unspecified atom stereocenters. The molecule has 2 aromatic rings. The molecular formula is C25H28F6N2O7. The molecule has 4 rings (SSSR count). The van der Waals surface area contributed by atoms with E-state index in [0.29, 0.717) is 12.5 Å². The number of carboxylic acids is 2. The zero-order valence-electron chi connectivity index (χ0n) is 21.2. The normalized spacial score (nSPS) is 18.0. The molecule has 1 aromatic carbocycles. The number of carbonyl (C=O) groups is 2. The van der Waals surface area contributed by atoms with E-state index in [1.807, 2.05) is 36.7 Å². The van der Waals surface area contributed by atoms with Gasteiger partial charge in [-0.15, -0.1) is 0 Å². The molecule has 9 nitrogen and oxygen atoms in total.